The summed E-state index contributed by atoms with van der Waals surface area (Å²) in [6.45, 7) is 0.862. The highest BCUT2D eigenvalue weighted by Gasteiger charge is 2.13. The van der Waals surface area contributed by atoms with E-state index in [1.165, 1.54) is 0 Å². The molecule has 2 aromatic carbocycles. The van der Waals surface area contributed by atoms with Gasteiger partial charge in [0.1, 0.15) is 6.10 Å². The van der Waals surface area contributed by atoms with Gasteiger partial charge >= 0.3 is 0 Å². The molecule has 0 aliphatic heterocycles. The maximum absolute atomic E-state index is 8.59. The predicted molar refractivity (Wildman–Crippen MR) is 70.5 cm³/mol. The minimum absolute atomic E-state index is 0.0965. The zero-order chi connectivity index (χ0) is 12.6. The Kier molecular flexibility index (Phi) is 4.90. The van der Waals surface area contributed by atoms with Crippen LogP contribution in [0.2, 0.25) is 0 Å². The first-order valence-corrected chi connectivity index (χ1v) is 6.00. The zero-order valence-corrected chi connectivity index (χ0v) is 10.1. The molecule has 0 unspecified atom stereocenters. The molecular weight excluding hydrogens is 226 g/mol. The van der Waals surface area contributed by atoms with Gasteiger partial charge in [-0.05, 0) is 11.1 Å². The average Bonchev–Trinajstić information content (AvgIpc) is 2.46. The fourth-order valence-electron chi connectivity index (χ4n) is 1.86. The Labute approximate surface area is 107 Å². The number of hydrogen-bond donors (Lipinski definition) is 2. The lowest BCUT2D eigenvalue weighted by Gasteiger charge is -2.18. The highest BCUT2D eigenvalue weighted by Crippen LogP contribution is 2.25. The quantitative estimate of drug-likeness (QED) is 0.605. The number of rotatable bonds is 6. The molecule has 0 heterocycles. The third-order valence-electron chi connectivity index (χ3n) is 2.70. The molecule has 18 heavy (non-hydrogen) atoms. The monoisotopic (exact) mass is 243 g/mol. The molecule has 0 aromatic heterocycles. The van der Waals surface area contributed by atoms with E-state index >= 15 is 0 Å². The summed E-state index contributed by atoms with van der Waals surface area (Å²) in [5.41, 5.74) is 4.33. The van der Waals surface area contributed by atoms with Crippen molar-refractivity contribution < 1.29 is 9.94 Å². The van der Waals surface area contributed by atoms with Crippen LogP contribution in [0.15, 0.2) is 60.7 Å². The largest absolute Gasteiger partial charge is 0.367 e. The van der Waals surface area contributed by atoms with Crippen molar-refractivity contribution in [1.29, 1.82) is 0 Å². The molecule has 0 amide bonds. The lowest BCUT2D eigenvalue weighted by Crippen LogP contribution is -2.17. The lowest BCUT2D eigenvalue weighted by molar-refractivity contribution is 0.0552. The van der Waals surface area contributed by atoms with Crippen molar-refractivity contribution in [1.82, 2.24) is 5.48 Å². The van der Waals surface area contributed by atoms with E-state index in [1.807, 2.05) is 60.7 Å². The summed E-state index contributed by atoms with van der Waals surface area (Å²) in [6, 6.07) is 20.2. The van der Waals surface area contributed by atoms with Crippen LogP contribution in [0.25, 0.3) is 0 Å². The number of benzene rings is 2. The number of ether oxygens (including phenoxy) is 1. The number of hydroxylamine groups is 1. The molecule has 0 radical (unpaired) electrons. The van der Waals surface area contributed by atoms with Gasteiger partial charge in [0, 0.05) is 6.54 Å². The van der Waals surface area contributed by atoms with E-state index in [9.17, 15) is 0 Å². The van der Waals surface area contributed by atoms with E-state index in [0.29, 0.717) is 13.2 Å². The van der Waals surface area contributed by atoms with E-state index in [2.05, 4.69) is 5.48 Å². The first-order chi connectivity index (χ1) is 8.92. The molecule has 2 rings (SSSR count). The number of hydrogen-bond acceptors (Lipinski definition) is 3. The van der Waals surface area contributed by atoms with Crippen LogP contribution in [0.3, 0.4) is 0 Å². The van der Waals surface area contributed by atoms with Gasteiger partial charge < -0.3 is 9.94 Å². The Bertz CT molecular complexity index is 405. The Morgan fingerprint density at radius 1 is 0.889 bits per heavy atom. The van der Waals surface area contributed by atoms with Crippen LogP contribution in [0, 0.1) is 0 Å². The fourth-order valence-corrected chi connectivity index (χ4v) is 1.86. The molecule has 2 aromatic rings. The Morgan fingerprint density at radius 2 is 1.39 bits per heavy atom. The van der Waals surface area contributed by atoms with Crippen molar-refractivity contribution in [3.8, 4) is 0 Å². The number of nitrogens with one attached hydrogen (secondary N) is 1. The van der Waals surface area contributed by atoms with Gasteiger partial charge in [0.05, 0.1) is 6.61 Å². The van der Waals surface area contributed by atoms with Crippen molar-refractivity contribution in [3.63, 3.8) is 0 Å². The smallest absolute Gasteiger partial charge is 0.108 e. The van der Waals surface area contributed by atoms with E-state index in [-0.39, 0.29) is 6.10 Å². The Morgan fingerprint density at radius 3 is 1.83 bits per heavy atom. The molecule has 3 heteroatoms. The van der Waals surface area contributed by atoms with E-state index < -0.39 is 0 Å². The van der Waals surface area contributed by atoms with E-state index in [4.69, 9.17) is 9.94 Å². The first kappa shape index (κ1) is 12.8. The van der Waals surface area contributed by atoms with Gasteiger partial charge in [0.2, 0.25) is 0 Å². The van der Waals surface area contributed by atoms with Crippen LogP contribution in [0.4, 0.5) is 0 Å². The van der Waals surface area contributed by atoms with Crippen molar-refractivity contribution in [2.75, 3.05) is 13.2 Å². The van der Waals surface area contributed by atoms with Crippen LogP contribution >= 0.6 is 0 Å². The van der Waals surface area contributed by atoms with Gasteiger partial charge in [-0.1, -0.05) is 60.7 Å². The molecule has 0 bridgehead atoms. The average molecular weight is 243 g/mol. The van der Waals surface area contributed by atoms with Gasteiger partial charge in [-0.15, -0.1) is 0 Å². The summed E-state index contributed by atoms with van der Waals surface area (Å²) in [4.78, 5) is 0. The SMILES string of the molecule is ONCCOC(c1ccccc1)c1ccccc1. The van der Waals surface area contributed by atoms with E-state index in [0.717, 1.165) is 11.1 Å². The second-order valence-electron chi connectivity index (χ2n) is 3.98. The van der Waals surface area contributed by atoms with Crippen molar-refractivity contribution in [3.05, 3.63) is 71.8 Å². The molecule has 0 saturated heterocycles. The Hall–Kier alpha value is -1.68. The third kappa shape index (κ3) is 3.40. The molecule has 0 saturated carbocycles. The third-order valence-corrected chi connectivity index (χ3v) is 2.70. The standard InChI is InChI=1S/C15H17NO2/c17-16-11-12-18-15(13-7-3-1-4-8-13)14-9-5-2-6-10-14/h1-10,15-17H,11-12H2. The first-order valence-electron chi connectivity index (χ1n) is 6.00. The summed E-state index contributed by atoms with van der Waals surface area (Å²) in [5, 5.41) is 8.59. The molecule has 0 aliphatic carbocycles. The molecule has 3 nitrogen and oxygen atoms in total. The Balaban J connectivity index is 2.18. The van der Waals surface area contributed by atoms with E-state index in [1.54, 1.807) is 0 Å². The fraction of sp³-hybridized carbons (Fsp3) is 0.200. The van der Waals surface area contributed by atoms with Crippen LogP contribution < -0.4 is 5.48 Å². The van der Waals surface area contributed by atoms with Crippen LogP contribution in [-0.2, 0) is 4.74 Å². The minimum atomic E-state index is -0.0965. The second-order valence-corrected chi connectivity index (χ2v) is 3.98. The van der Waals surface area contributed by atoms with Crippen molar-refractivity contribution in [2.24, 2.45) is 0 Å². The summed E-state index contributed by atoms with van der Waals surface area (Å²) in [5.74, 6) is 0. The predicted octanol–water partition coefficient (Wildman–Crippen LogP) is 2.77. The normalized spacial score (nSPS) is 10.8. The molecule has 94 valence electrons. The molecule has 0 spiro atoms. The maximum atomic E-state index is 8.59. The van der Waals surface area contributed by atoms with Gasteiger partial charge in [-0.3, -0.25) is 0 Å². The van der Waals surface area contributed by atoms with Crippen molar-refractivity contribution >= 4 is 0 Å². The van der Waals surface area contributed by atoms with Crippen LogP contribution in [0.5, 0.6) is 0 Å². The second kappa shape index (κ2) is 6.91. The van der Waals surface area contributed by atoms with Crippen molar-refractivity contribution in [2.45, 2.75) is 6.10 Å². The molecular formula is C15H17NO2. The van der Waals surface area contributed by atoms with Gasteiger partial charge in [0.25, 0.3) is 0 Å². The van der Waals surface area contributed by atoms with Gasteiger partial charge in [0.15, 0.2) is 0 Å². The highest BCUT2D eigenvalue weighted by molar-refractivity contribution is 5.29. The van der Waals surface area contributed by atoms with Crippen LogP contribution in [-0.4, -0.2) is 18.4 Å². The highest BCUT2D eigenvalue weighted by atomic mass is 16.5. The topological polar surface area (TPSA) is 41.5 Å². The summed E-state index contributed by atoms with van der Waals surface area (Å²) < 4.78 is 5.83. The van der Waals surface area contributed by atoms with Gasteiger partial charge in [-0.25, -0.2) is 5.48 Å². The molecule has 0 atom stereocenters. The summed E-state index contributed by atoms with van der Waals surface area (Å²) in [6.07, 6.45) is -0.0965. The van der Waals surface area contributed by atoms with Gasteiger partial charge in [-0.2, -0.15) is 0 Å². The summed E-state index contributed by atoms with van der Waals surface area (Å²) in [7, 11) is 0. The lowest BCUT2D eigenvalue weighted by atomic mass is 10.0. The molecule has 0 fully saturated rings. The minimum Gasteiger partial charge on any atom is -0.367 e. The molecule has 2 N–H and O–H groups in total. The molecule has 0 aliphatic rings. The zero-order valence-electron chi connectivity index (χ0n) is 10.1. The maximum Gasteiger partial charge on any atom is 0.108 e. The van der Waals surface area contributed by atoms with Crippen LogP contribution in [0.1, 0.15) is 17.2 Å². The summed E-state index contributed by atoms with van der Waals surface area (Å²) >= 11 is 0.